The van der Waals surface area contributed by atoms with Crippen LogP contribution in [0.5, 0.6) is 0 Å². The highest BCUT2D eigenvalue weighted by Crippen LogP contribution is 2.10. The van der Waals surface area contributed by atoms with Crippen LogP contribution in [0.1, 0.15) is 10.4 Å². The summed E-state index contributed by atoms with van der Waals surface area (Å²) in [6, 6.07) is 1.53. The molecule has 8 heteroatoms. The summed E-state index contributed by atoms with van der Waals surface area (Å²) in [4.78, 5) is 39.4. The molecule has 0 atom stereocenters. The summed E-state index contributed by atoms with van der Waals surface area (Å²) in [7, 11) is 3.16. The maximum Gasteiger partial charge on any atom is 0.340 e. The zero-order valence-electron chi connectivity index (χ0n) is 11.1. The van der Waals surface area contributed by atoms with Crippen LogP contribution in [0, 0.1) is 0 Å². The van der Waals surface area contributed by atoms with E-state index in [1.54, 1.807) is 14.1 Å². The summed E-state index contributed by atoms with van der Waals surface area (Å²) in [6.07, 6.45) is 2.86. The number of likely N-dealkylation sites (N-methyl/N-ethyl adjacent to an activating group) is 1. The Balaban J connectivity index is 2.38. The van der Waals surface area contributed by atoms with Crippen molar-refractivity contribution in [3.8, 4) is 0 Å². The first kappa shape index (κ1) is 16.1. The number of carbonyl (C=O) groups is 3. The van der Waals surface area contributed by atoms with Crippen molar-refractivity contribution in [3.63, 3.8) is 0 Å². The molecule has 1 N–H and O–H groups in total. The van der Waals surface area contributed by atoms with E-state index < -0.39 is 18.5 Å². The number of nitrogens with one attached hydrogen (secondary N) is 1. The molecule has 1 rings (SSSR count). The first-order valence-electron chi connectivity index (χ1n) is 5.64. The average Bonchev–Trinajstić information content (AvgIpc) is 2.41. The summed E-state index contributed by atoms with van der Waals surface area (Å²) in [5.74, 6) is -1.45. The van der Waals surface area contributed by atoms with Crippen LogP contribution in [0.4, 0.5) is 0 Å². The second-order valence-corrected chi connectivity index (χ2v) is 4.95. The minimum absolute atomic E-state index is 0.137. The van der Waals surface area contributed by atoms with Gasteiger partial charge in [-0.15, -0.1) is 0 Å². The minimum atomic E-state index is -0.659. The van der Waals surface area contributed by atoms with E-state index in [1.807, 2.05) is 0 Å². The lowest BCUT2D eigenvalue weighted by Crippen LogP contribution is -2.38. The van der Waals surface area contributed by atoms with Crippen LogP contribution in [0.25, 0.3) is 0 Å². The molecule has 0 aliphatic rings. The van der Waals surface area contributed by atoms with Gasteiger partial charge in [0, 0.05) is 31.0 Å². The Morgan fingerprint density at radius 1 is 1.35 bits per heavy atom. The highest BCUT2D eigenvalue weighted by molar-refractivity contribution is 9.10. The van der Waals surface area contributed by atoms with Crippen molar-refractivity contribution >= 4 is 33.7 Å². The Labute approximate surface area is 124 Å². The SMILES string of the molecule is CN(C)C(=O)CNC(=O)COC(=O)c1cncc(Br)c1. The summed E-state index contributed by atoms with van der Waals surface area (Å²) in [5.41, 5.74) is 0.233. The zero-order chi connectivity index (χ0) is 15.1. The van der Waals surface area contributed by atoms with E-state index in [0.29, 0.717) is 4.47 Å². The summed E-state index contributed by atoms with van der Waals surface area (Å²) < 4.78 is 5.43. The van der Waals surface area contributed by atoms with Crippen molar-refractivity contribution < 1.29 is 19.1 Å². The van der Waals surface area contributed by atoms with Gasteiger partial charge in [-0.25, -0.2) is 4.79 Å². The number of carbonyl (C=O) groups excluding carboxylic acids is 3. The Kier molecular flexibility index (Phi) is 6.10. The highest BCUT2D eigenvalue weighted by atomic mass is 79.9. The number of nitrogens with zero attached hydrogens (tertiary/aromatic N) is 2. The van der Waals surface area contributed by atoms with Crippen LogP contribution >= 0.6 is 15.9 Å². The average molecular weight is 344 g/mol. The molecule has 0 aliphatic heterocycles. The topological polar surface area (TPSA) is 88.6 Å². The van der Waals surface area contributed by atoms with Gasteiger partial charge in [0.2, 0.25) is 5.91 Å². The largest absolute Gasteiger partial charge is 0.452 e. The summed E-state index contributed by atoms with van der Waals surface area (Å²) in [6.45, 7) is -0.589. The maximum atomic E-state index is 11.6. The quantitative estimate of drug-likeness (QED) is 0.772. The smallest absolute Gasteiger partial charge is 0.340 e. The molecular formula is C12H14BrN3O4. The Bertz CT molecular complexity index is 519. The van der Waals surface area contributed by atoms with E-state index >= 15 is 0 Å². The number of rotatable bonds is 5. The van der Waals surface area contributed by atoms with E-state index in [0.717, 1.165) is 0 Å². The predicted octanol–water partition coefficient (Wildman–Crippen LogP) is 0.205. The third-order valence-electron chi connectivity index (χ3n) is 2.21. The summed E-state index contributed by atoms with van der Waals surface area (Å²) >= 11 is 3.17. The first-order chi connectivity index (χ1) is 9.40. The Hall–Kier alpha value is -1.96. The molecule has 1 heterocycles. The van der Waals surface area contributed by atoms with Gasteiger partial charge in [-0.1, -0.05) is 0 Å². The molecule has 0 fully saturated rings. The molecule has 1 aromatic heterocycles. The molecule has 2 amide bonds. The second-order valence-electron chi connectivity index (χ2n) is 4.03. The second kappa shape index (κ2) is 7.59. The van der Waals surface area contributed by atoms with Gasteiger partial charge in [0.25, 0.3) is 5.91 Å². The van der Waals surface area contributed by atoms with Crippen LogP contribution in [-0.4, -0.2) is 54.9 Å². The Morgan fingerprint density at radius 3 is 2.65 bits per heavy atom. The number of hydrogen-bond acceptors (Lipinski definition) is 5. The molecule has 108 valence electrons. The lowest BCUT2D eigenvalue weighted by Gasteiger charge is -2.11. The molecule has 0 spiro atoms. The molecule has 0 saturated heterocycles. The van der Waals surface area contributed by atoms with Gasteiger partial charge in [0.15, 0.2) is 6.61 Å². The van der Waals surface area contributed by atoms with E-state index in [1.165, 1.54) is 23.4 Å². The van der Waals surface area contributed by atoms with Crippen molar-refractivity contribution in [2.75, 3.05) is 27.2 Å². The molecule has 0 aliphatic carbocycles. The standard InChI is InChI=1S/C12H14BrN3O4/c1-16(2)11(18)6-15-10(17)7-20-12(19)8-3-9(13)5-14-4-8/h3-5H,6-7H2,1-2H3,(H,15,17). The first-order valence-corrected chi connectivity index (χ1v) is 6.44. The molecule has 0 saturated carbocycles. The van der Waals surface area contributed by atoms with Crippen molar-refractivity contribution in [2.24, 2.45) is 0 Å². The predicted molar refractivity (Wildman–Crippen MR) is 73.9 cm³/mol. The third-order valence-corrected chi connectivity index (χ3v) is 2.64. The fourth-order valence-corrected chi connectivity index (χ4v) is 1.49. The molecule has 7 nitrogen and oxygen atoms in total. The van der Waals surface area contributed by atoms with E-state index in [2.05, 4.69) is 26.2 Å². The molecule has 0 radical (unpaired) electrons. The molecule has 0 unspecified atom stereocenters. The van der Waals surface area contributed by atoms with E-state index in [4.69, 9.17) is 4.74 Å². The van der Waals surface area contributed by atoms with Crippen LogP contribution in [0.15, 0.2) is 22.9 Å². The molecule has 0 aromatic carbocycles. The van der Waals surface area contributed by atoms with Crippen molar-refractivity contribution in [1.82, 2.24) is 15.2 Å². The fourth-order valence-electron chi connectivity index (χ4n) is 1.12. The van der Waals surface area contributed by atoms with Crippen molar-refractivity contribution in [1.29, 1.82) is 0 Å². The van der Waals surface area contributed by atoms with Crippen LogP contribution in [0.2, 0.25) is 0 Å². The van der Waals surface area contributed by atoms with Crippen molar-refractivity contribution in [3.05, 3.63) is 28.5 Å². The minimum Gasteiger partial charge on any atom is -0.452 e. The van der Waals surface area contributed by atoms with Gasteiger partial charge in [0.05, 0.1) is 12.1 Å². The van der Waals surface area contributed by atoms with Gasteiger partial charge >= 0.3 is 5.97 Å². The lowest BCUT2D eigenvalue weighted by molar-refractivity contribution is -0.131. The normalized spacial score (nSPS) is 9.75. The molecule has 1 aromatic rings. The van der Waals surface area contributed by atoms with Crippen LogP contribution in [-0.2, 0) is 14.3 Å². The van der Waals surface area contributed by atoms with Crippen LogP contribution in [0.3, 0.4) is 0 Å². The zero-order valence-corrected chi connectivity index (χ0v) is 12.6. The molecule has 20 heavy (non-hydrogen) atoms. The van der Waals surface area contributed by atoms with E-state index in [9.17, 15) is 14.4 Å². The molecule has 0 bridgehead atoms. The monoisotopic (exact) mass is 343 g/mol. The lowest BCUT2D eigenvalue weighted by atomic mass is 10.3. The number of esters is 1. The third kappa shape index (κ3) is 5.35. The maximum absolute atomic E-state index is 11.6. The van der Waals surface area contributed by atoms with Gasteiger partial charge in [-0.2, -0.15) is 0 Å². The molecular weight excluding hydrogens is 330 g/mol. The Morgan fingerprint density at radius 2 is 2.05 bits per heavy atom. The van der Waals surface area contributed by atoms with Gasteiger partial charge in [-0.05, 0) is 22.0 Å². The highest BCUT2D eigenvalue weighted by Gasteiger charge is 2.12. The van der Waals surface area contributed by atoms with Crippen molar-refractivity contribution in [2.45, 2.75) is 0 Å². The van der Waals surface area contributed by atoms with E-state index in [-0.39, 0.29) is 18.0 Å². The number of aromatic nitrogens is 1. The van der Waals surface area contributed by atoms with Gasteiger partial charge < -0.3 is 15.0 Å². The fraction of sp³-hybridized carbons (Fsp3) is 0.333. The van der Waals surface area contributed by atoms with Crippen LogP contribution < -0.4 is 5.32 Å². The number of pyridine rings is 1. The summed E-state index contributed by atoms with van der Waals surface area (Å²) in [5, 5.41) is 2.35. The van der Waals surface area contributed by atoms with Gasteiger partial charge in [0.1, 0.15) is 0 Å². The number of hydrogen-bond donors (Lipinski definition) is 1. The number of ether oxygens (including phenoxy) is 1. The number of halogens is 1. The number of amides is 2. The van der Waals surface area contributed by atoms with Gasteiger partial charge in [-0.3, -0.25) is 14.6 Å².